The summed E-state index contributed by atoms with van der Waals surface area (Å²) in [5.41, 5.74) is 6.05. The molecule has 6 nitrogen and oxygen atoms in total. The van der Waals surface area contributed by atoms with Gasteiger partial charge in [0.15, 0.2) is 17.3 Å². The fraction of sp³-hybridized carbons (Fsp3) is 0.244. The normalized spacial score (nSPS) is 13.2. The second-order valence-corrected chi connectivity index (χ2v) is 13.4. The Balaban J connectivity index is 1.61. The van der Waals surface area contributed by atoms with Crippen LogP contribution in [0.3, 0.4) is 0 Å². The number of aromatic nitrogens is 2. The number of aryl methyl sites for hydroxylation is 1. The van der Waals surface area contributed by atoms with Gasteiger partial charge in [-0.1, -0.05) is 103 Å². The minimum atomic E-state index is -0.879. The van der Waals surface area contributed by atoms with Crippen LogP contribution in [0.1, 0.15) is 79.1 Å². The minimum Gasteiger partial charge on any atom is -0.494 e. The van der Waals surface area contributed by atoms with Gasteiger partial charge in [0.05, 0.1) is 25.0 Å². The van der Waals surface area contributed by atoms with Crippen LogP contribution in [0.4, 0.5) is 15.8 Å². The Labute approximate surface area is 305 Å². The van der Waals surface area contributed by atoms with Crippen molar-refractivity contribution >= 4 is 11.4 Å². The number of ether oxygens (including phenoxy) is 2. The van der Waals surface area contributed by atoms with Gasteiger partial charge in [-0.05, 0) is 81.3 Å². The Morgan fingerprint density at radius 2 is 1.40 bits per heavy atom. The van der Waals surface area contributed by atoms with Crippen LogP contribution in [0.5, 0.6) is 11.5 Å². The lowest BCUT2D eigenvalue weighted by atomic mass is 9.75. The molecule has 1 N–H and O–H groups in total. The lowest BCUT2D eigenvalue weighted by Gasteiger charge is -2.41. The average Bonchev–Trinajstić information content (AvgIpc) is 3.56. The maximum Gasteiger partial charge on any atom is 0.187 e. The number of benzene rings is 5. The maximum absolute atomic E-state index is 17.2. The van der Waals surface area contributed by atoms with Crippen molar-refractivity contribution in [1.29, 1.82) is 0 Å². The second kappa shape index (κ2) is 15.2. The summed E-state index contributed by atoms with van der Waals surface area (Å²) >= 11 is 0. The highest BCUT2D eigenvalue weighted by atomic mass is 19.1. The second-order valence-electron chi connectivity index (χ2n) is 13.4. The molecule has 1 unspecified atom stereocenters. The molecular weight excluding hydrogens is 648 g/mol. The van der Waals surface area contributed by atoms with Gasteiger partial charge in [-0.15, -0.1) is 0 Å². The number of rotatable bonds is 12. The molecule has 5 aromatic carbocycles. The molecule has 262 valence electrons. The van der Waals surface area contributed by atoms with E-state index in [-0.39, 0.29) is 11.9 Å². The highest BCUT2D eigenvalue weighted by molar-refractivity contribution is 5.58. The van der Waals surface area contributed by atoms with Crippen LogP contribution >= 0.6 is 0 Å². The lowest BCUT2D eigenvalue weighted by Crippen LogP contribution is -2.41. The quantitative estimate of drug-likeness (QED) is 0.103. The van der Waals surface area contributed by atoms with E-state index < -0.39 is 17.4 Å². The number of halogens is 1. The predicted molar refractivity (Wildman–Crippen MR) is 205 cm³/mol. The molecule has 0 saturated heterocycles. The highest BCUT2D eigenvalue weighted by Crippen LogP contribution is 2.47. The van der Waals surface area contributed by atoms with Gasteiger partial charge < -0.3 is 19.4 Å². The van der Waals surface area contributed by atoms with E-state index in [9.17, 15) is 0 Å². The zero-order valence-electron chi connectivity index (χ0n) is 29.9. The third-order valence-electron chi connectivity index (χ3n) is 9.66. The van der Waals surface area contributed by atoms with E-state index in [1.54, 1.807) is 24.3 Å². The number of fused-ring (bicyclic) bond motifs is 1. The SMILES string of the molecule is [C-]#[N+]c1ccc(NC(c2cc(OCC)cc(OC(C)C)c2F)c2nc3c(n2C(c2ccccc2)(c2ccccc2)c2ccccc2)CCCC3)cc1. The fourth-order valence-electron chi connectivity index (χ4n) is 7.53. The number of nitrogens with zero attached hydrogens (tertiary/aromatic N) is 3. The summed E-state index contributed by atoms with van der Waals surface area (Å²) < 4.78 is 31.7. The van der Waals surface area contributed by atoms with E-state index in [0.717, 1.165) is 59.4 Å². The standard InChI is InChI=1S/C45H43FN4O2/c1-5-51-37-29-38(42(46)41(30-37)52-31(2)3)43(48-36-27-25-35(47-4)26-28-36)44-49-39-23-15-16-24-40(39)50(44)45(32-17-9-6-10-18-32,33-19-11-7-12-20-33)34-21-13-8-14-22-34/h6-14,17-22,25-31,43,48H,5,15-16,23-24H2,1-3H3. The van der Waals surface area contributed by atoms with Gasteiger partial charge in [0.1, 0.15) is 23.2 Å². The molecule has 1 atom stereocenters. The fourth-order valence-corrected chi connectivity index (χ4v) is 7.53. The largest absolute Gasteiger partial charge is 0.494 e. The zero-order valence-corrected chi connectivity index (χ0v) is 29.9. The summed E-state index contributed by atoms with van der Waals surface area (Å²) in [6.07, 6.45) is 3.42. The van der Waals surface area contributed by atoms with Crippen molar-refractivity contribution in [2.24, 2.45) is 0 Å². The van der Waals surface area contributed by atoms with Gasteiger partial charge in [0.2, 0.25) is 0 Å². The number of nitrogens with one attached hydrogen (secondary N) is 1. The summed E-state index contributed by atoms with van der Waals surface area (Å²) in [7, 11) is 0. The topological polar surface area (TPSA) is 52.7 Å². The van der Waals surface area contributed by atoms with Crippen LogP contribution in [0, 0.1) is 12.4 Å². The molecule has 7 rings (SSSR count). The summed E-state index contributed by atoms with van der Waals surface area (Å²) in [5.74, 6) is 0.813. The van der Waals surface area contributed by atoms with Crippen molar-refractivity contribution in [2.75, 3.05) is 11.9 Å². The monoisotopic (exact) mass is 690 g/mol. The van der Waals surface area contributed by atoms with Crippen molar-refractivity contribution in [3.8, 4) is 11.5 Å². The third kappa shape index (κ3) is 6.53. The van der Waals surface area contributed by atoms with Crippen LogP contribution in [-0.4, -0.2) is 22.3 Å². The summed E-state index contributed by atoms with van der Waals surface area (Å²) in [4.78, 5) is 9.11. The van der Waals surface area contributed by atoms with Crippen LogP contribution in [0.25, 0.3) is 4.85 Å². The molecule has 0 amide bonds. The van der Waals surface area contributed by atoms with Crippen molar-refractivity contribution < 1.29 is 13.9 Å². The van der Waals surface area contributed by atoms with E-state index >= 15 is 4.39 Å². The molecule has 0 radical (unpaired) electrons. The number of anilines is 1. The van der Waals surface area contributed by atoms with Gasteiger partial charge in [0, 0.05) is 23.0 Å². The summed E-state index contributed by atoms with van der Waals surface area (Å²) in [5, 5.41) is 3.69. The Morgan fingerprint density at radius 1 is 0.827 bits per heavy atom. The first kappa shape index (κ1) is 34.6. The van der Waals surface area contributed by atoms with E-state index in [2.05, 4.69) is 87.5 Å². The Hall–Kier alpha value is -5.87. The first-order chi connectivity index (χ1) is 25.4. The van der Waals surface area contributed by atoms with Crippen molar-refractivity contribution in [3.63, 3.8) is 0 Å². The molecule has 1 aromatic heterocycles. The summed E-state index contributed by atoms with van der Waals surface area (Å²) in [6, 6.07) is 41.5. The van der Waals surface area contributed by atoms with Gasteiger partial charge in [-0.2, -0.15) is 0 Å². The number of imidazole rings is 1. The van der Waals surface area contributed by atoms with E-state index in [1.165, 1.54) is 0 Å². The Bertz CT molecular complexity index is 2060. The smallest absolute Gasteiger partial charge is 0.187 e. The number of hydrogen-bond acceptors (Lipinski definition) is 4. The molecule has 0 bridgehead atoms. The van der Waals surface area contributed by atoms with Crippen LogP contribution in [0.15, 0.2) is 127 Å². The Morgan fingerprint density at radius 3 is 1.94 bits per heavy atom. The lowest BCUT2D eigenvalue weighted by molar-refractivity contribution is 0.228. The summed E-state index contributed by atoms with van der Waals surface area (Å²) in [6.45, 7) is 13.6. The van der Waals surface area contributed by atoms with Crippen molar-refractivity contribution in [3.05, 3.63) is 184 Å². The number of hydrogen-bond donors (Lipinski definition) is 1. The van der Waals surface area contributed by atoms with Crippen LogP contribution in [0.2, 0.25) is 0 Å². The molecule has 7 heteroatoms. The minimum absolute atomic E-state index is 0.120. The van der Waals surface area contributed by atoms with Crippen LogP contribution in [-0.2, 0) is 18.4 Å². The van der Waals surface area contributed by atoms with E-state index in [4.69, 9.17) is 21.0 Å². The molecule has 52 heavy (non-hydrogen) atoms. The molecule has 0 fully saturated rings. The molecule has 0 spiro atoms. The molecule has 1 heterocycles. The van der Waals surface area contributed by atoms with Crippen LogP contribution < -0.4 is 14.8 Å². The maximum atomic E-state index is 17.2. The zero-order chi connectivity index (χ0) is 36.1. The van der Waals surface area contributed by atoms with Crippen molar-refractivity contribution in [2.45, 2.75) is 64.1 Å². The molecule has 0 aliphatic heterocycles. The van der Waals surface area contributed by atoms with Gasteiger partial charge >= 0.3 is 0 Å². The van der Waals surface area contributed by atoms with Gasteiger partial charge in [-0.3, -0.25) is 0 Å². The average molecular weight is 691 g/mol. The van der Waals surface area contributed by atoms with Gasteiger partial charge in [-0.25, -0.2) is 14.2 Å². The van der Waals surface area contributed by atoms with E-state index in [0.29, 0.717) is 29.4 Å². The Kier molecular flexibility index (Phi) is 10.1. The molecule has 6 aromatic rings. The first-order valence-corrected chi connectivity index (χ1v) is 18.1. The van der Waals surface area contributed by atoms with Crippen molar-refractivity contribution in [1.82, 2.24) is 9.55 Å². The highest BCUT2D eigenvalue weighted by Gasteiger charge is 2.44. The third-order valence-corrected chi connectivity index (χ3v) is 9.66. The first-order valence-electron chi connectivity index (χ1n) is 18.1. The molecular formula is C45H43FN4O2. The molecule has 1 aliphatic rings. The van der Waals surface area contributed by atoms with Gasteiger partial charge in [0.25, 0.3) is 0 Å². The van der Waals surface area contributed by atoms with E-state index in [1.807, 2.05) is 51.1 Å². The predicted octanol–water partition coefficient (Wildman–Crippen LogP) is 10.7. The molecule has 1 aliphatic carbocycles. The molecule has 0 saturated carbocycles.